The Hall–Kier alpha value is -6.70. The molecule has 0 aliphatic rings. The van der Waals surface area contributed by atoms with Gasteiger partial charge in [0, 0.05) is 16.2 Å². The van der Waals surface area contributed by atoms with E-state index in [1.54, 1.807) is 0 Å². The van der Waals surface area contributed by atoms with Gasteiger partial charge in [0.15, 0.2) is 0 Å². The maximum absolute atomic E-state index is 9.92. The fourth-order valence-corrected chi connectivity index (χ4v) is 6.38. The van der Waals surface area contributed by atoms with Crippen LogP contribution in [0.15, 0.2) is 186 Å². The summed E-state index contributed by atoms with van der Waals surface area (Å²) in [6.07, 6.45) is 0. The van der Waals surface area contributed by atoms with Gasteiger partial charge in [-0.1, -0.05) is 157 Å². The van der Waals surface area contributed by atoms with Crippen LogP contribution >= 0.6 is 0 Å². The Balaban J connectivity index is 1.42. The molecule has 0 aliphatic heterocycles. The normalized spacial score (nSPS) is 20.2. The van der Waals surface area contributed by atoms with Crippen LogP contribution in [0.1, 0.15) is 41.1 Å². The molecule has 10 aromatic carbocycles. The summed E-state index contributed by atoms with van der Waals surface area (Å²) in [4.78, 5) is 0. The highest BCUT2D eigenvalue weighted by molar-refractivity contribution is 6.25. The van der Waals surface area contributed by atoms with Gasteiger partial charge in [-0.3, -0.25) is 0 Å². The Bertz CT molecular complexity index is 4850. The van der Waals surface area contributed by atoms with Crippen LogP contribution in [0.5, 0.6) is 0 Å². The lowest BCUT2D eigenvalue weighted by molar-refractivity contribution is 0.672. The number of hydrogen-bond donors (Lipinski definition) is 0. The molecule has 0 N–H and O–H groups in total. The van der Waals surface area contributed by atoms with Crippen molar-refractivity contribution in [1.29, 1.82) is 0 Å². The molecule has 0 amide bonds. The molecule has 1 heteroatoms. The number of rotatable bonds is 3. The van der Waals surface area contributed by atoms with E-state index in [0.29, 0.717) is 0 Å². The highest BCUT2D eigenvalue weighted by Gasteiger charge is 2.20. The molecule has 0 aliphatic carbocycles. The van der Waals surface area contributed by atoms with Gasteiger partial charge in [0.25, 0.3) is 0 Å². The third-order valence-corrected chi connectivity index (χ3v) is 8.56. The van der Waals surface area contributed by atoms with Crippen LogP contribution in [-0.4, -0.2) is 0 Å². The van der Waals surface area contributed by atoms with E-state index in [-0.39, 0.29) is 0 Å². The maximum Gasteiger partial charge on any atom is 0.143 e. The van der Waals surface area contributed by atoms with Gasteiger partial charge in [-0.15, -0.1) is 0 Å². The van der Waals surface area contributed by atoms with Crippen molar-refractivity contribution in [2.45, 2.75) is 0 Å². The van der Waals surface area contributed by atoms with Gasteiger partial charge in [0.05, 0.1) is 41.1 Å². The molecule has 1 aromatic heterocycles. The van der Waals surface area contributed by atoms with Crippen LogP contribution in [0.25, 0.3) is 109 Å². The van der Waals surface area contributed by atoms with Crippen molar-refractivity contribution in [2.75, 3.05) is 0 Å². The zero-order chi connectivity index (χ0) is 59.6. The highest BCUT2D eigenvalue weighted by atomic mass is 16.3. The summed E-state index contributed by atoms with van der Waals surface area (Å²) >= 11 is 0. The van der Waals surface area contributed by atoms with E-state index in [0.717, 1.165) is 0 Å². The first kappa shape index (κ1) is 11.7. The molecule has 11 rings (SSSR count). The van der Waals surface area contributed by atoms with Gasteiger partial charge < -0.3 is 4.42 Å². The van der Waals surface area contributed by atoms with Crippen molar-refractivity contribution in [3.63, 3.8) is 0 Å². The van der Waals surface area contributed by atoms with E-state index < -0.39 is 290 Å². The van der Waals surface area contributed by atoms with Crippen molar-refractivity contribution in [3.8, 4) is 33.4 Å². The van der Waals surface area contributed by atoms with Crippen molar-refractivity contribution in [3.05, 3.63) is 181 Å². The molecule has 0 saturated heterocycles. The Morgan fingerprint density at radius 2 is 0.843 bits per heavy atom. The monoisotopic (exact) mass is 676 g/mol. The predicted molar refractivity (Wildman–Crippen MR) is 218 cm³/mol. The second-order valence-electron chi connectivity index (χ2n) is 11.3. The summed E-state index contributed by atoms with van der Waals surface area (Å²) in [5, 5.41) is -7.96. The Morgan fingerprint density at radius 3 is 1.57 bits per heavy atom. The van der Waals surface area contributed by atoms with Crippen LogP contribution < -0.4 is 0 Å². The maximum atomic E-state index is 9.92. The van der Waals surface area contributed by atoms with Crippen molar-refractivity contribution in [2.24, 2.45) is 0 Å². The van der Waals surface area contributed by atoms with E-state index in [1.165, 1.54) is 0 Å². The van der Waals surface area contributed by atoms with Gasteiger partial charge in [-0.25, -0.2) is 0 Å². The molecule has 0 radical (unpaired) electrons. The second kappa shape index (κ2) is 10.9. The smallest absolute Gasteiger partial charge is 0.143 e. The average molecular weight is 677 g/mol. The Morgan fingerprint density at radius 1 is 0.314 bits per heavy atom. The largest absolute Gasteiger partial charge is 0.455 e. The molecular formula is C50H30O. The number of furan rings is 1. The standard InChI is InChI=1S/C50H30O/c1-2-13-33-29-34(22-21-31(33)11-1)36-26-27-44(39-16-6-5-15-38(36)39)49-42-19-9-7-17-40(42)48(41-18-8-10-20-43(41)49)35-24-28-47-46(30-35)45-25-23-32-12-3-4-14-37(32)50(45)51-47/h1-30H/i1D,2D,3D,4D,5D,6D,7D,8D,9D,10D,11D,12D,13D,14D,15D,16D,17D,18D,19D,20D,21D,22D,23D,24D,25D,26D,27D,28D,29D,30D. The van der Waals surface area contributed by atoms with Crippen molar-refractivity contribution in [1.82, 2.24) is 0 Å². The molecule has 1 heterocycles. The van der Waals surface area contributed by atoms with Gasteiger partial charge in [0.2, 0.25) is 0 Å². The van der Waals surface area contributed by atoms with E-state index in [2.05, 4.69) is 0 Å². The Labute approximate surface area is 336 Å². The summed E-state index contributed by atoms with van der Waals surface area (Å²) in [6, 6.07) is -28.4. The van der Waals surface area contributed by atoms with E-state index in [4.69, 9.17) is 27.7 Å². The van der Waals surface area contributed by atoms with Crippen LogP contribution in [0.2, 0.25) is 0 Å². The quantitative estimate of drug-likeness (QED) is 0.170. The lowest BCUT2D eigenvalue weighted by Crippen LogP contribution is -1.92. The molecule has 0 spiro atoms. The molecule has 11 aromatic rings. The van der Waals surface area contributed by atoms with Crippen molar-refractivity contribution >= 4 is 75.8 Å². The minimum atomic E-state index is -1.14. The zero-order valence-electron chi connectivity index (χ0n) is 55.4. The summed E-state index contributed by atoms with van der Waals surface area (Å²) < 4.78 is 279. The lowest BCUT2D eigenvalue weighted by atomic mass is 9.83. The molecule has 0 atom stereocenters. The van der Waals surface area contributed by atoms with Gasteiger partial charge in [-0.2, -0.15) is 0 Å². The first-order chi connectivity index (χ1) is 37.8. The first-order valence-electron chi connectivity index (χ1n) is 30.2. The summed E-state index contributed by atoms with van der Waals surface area (Å²) in [5.41, 5.74) is -6.01. The Kier molecular flexibility index (Phi) is 2.50. The fourth-order valence-electron chi connectivity index (χ4n) is 6.38. The molecular weight excluding hydrogens is 617 g/mol. The first-order valence-corrected chi connectivity index (χ1v) is 15.2. The molecule has 0 saturated carbocycles. The average Bonchev–Trinajstić information content (AvgIpc) is 3.12. The third-order valence-electron chi connectivity index (χ3n) is 8.56. The zero-order valence-corrected chi connectivity index (χ0v) is 25.4. The van der Waals surface area contributed by atoms with Crippen LogP contribution in [-0.2, 0) is 0 Å². The lowest BCUT2D eigenvalue weighted by Gasteiger charge is -2.20. The van der Waals surface area contributed by atoms with Crippen LogP contribution in [0.3, 0.4) is 0 Å². The molecule has 0 bridgehead atoms. The third kappa shape index (κ3) is 4.22. The number of hydrogen-bond acceptors (Lipinski definition) is 1. The van der Waals surface area contributed by atoms with Gasteiger partial charge >= 0.3 is 0 Å². The summed E-state index contributed by atoms with van der Waals surface area (Å²) in [7, 11) is 0. The van der Waals surface area contributed by atoms with Gasteiger partial charge in [0.1, 0.15) is 11.2 Å². The second-order valence-corrected chi connectivity index (χ2v) is 11.3. The minimum Gasteiger partial charge on any atom is -0.455 e. The molecule has 0 unspecified atom stereocenters. The van der Waals surface area contributed by atoms with Crippen LogP contribution in [0.4, 0.5) is 0 Å². The van der Waals surface area contributed by atoms with E-state index in [9.17, 15) is 17.8 Å². The number of fused-ring (bicyclic) bond motifs is 9. The van der Waals surface area contributed by atoms with E-state index >= 15 is 0 Å². The molecule has 236 valence electrons. The van der Waals surface area contributed by atoms with Crippen LogP contribution in [0, 0.1) is 0 Å². The molecule has 51 heavy (non-hydrogen) atoms. The van der Waals surface area contributed by atoms with Crippen molar-refractivity contribution < 1.29 is 45.5 Å². The number of benzene rings is 10. The summed E-state index contributed by atoms with van der Waals surface area (Å²) in [5.74, 6) is 0. The highest BCUT2D eigenvalue weighted by Crippen LogP contribution is 2.47. The predicted octanol–water partition coefficient (Wildman–Crippen LogP) is 14.4. The SMILES string of the molecule is [2H]c1c(-c2c3c([2H])c([2H])c([2H])c([2H])c3c(-c3c([2H])c([2H])c(-c4c([2H])c([2H])c5c([2H])c([2H])c([2H])c([2H])c5c4[2H])c4c([2H])c([2H])c([2H])c([2H])c34)c3c([2H])c([2H])c([2H])c([2H])c23)c([2H])c2c(oc3c4c([2H])c([2H])c([2H])c([2H])c4c([2H])c([2H])c32)c1[2H]. The molecule has 1 nitrogen and oxygen atoms in total. The topological polar surface area (TPSA) is 13.1 Å². The van der Waals surface area contributed by atoms with Gasteiger partial charge in [-0.05, 0) is 106 Å². The minimum absolute atomic E-state index is 0.439. The molecule has 0 fully saturated rings. The summed E-state index contributed by atoms with van der Waals surface area (Å²) in [6.45, 7) is 0. The van der Waals surface area contributed by atoms with E-state index in [1.807, 2.05) is 0 Å². The fraction of sp³-hybridized carbons (Fsp3) is 0.